The van der Waals surface area contributed by atoms with Gasteiger partial charge in [-0.1, -0.05) is 54.4 Å². The number of hydrogen-bond acceptors (Lipinski definition) is 5. The number of carbonyl (C=O) groups excluding carboxylic acids is 2. The first-order valence-corrected chi connectivity index (χ1v) is 15.3. The molecule has 220 valence electrons. The molecule has 1 unspecified atom stereocenters. The number of carbonyl (C=O) groups is 2. The van der Waals surface area contributed by atoms with Crippen molar-refractivity contribution < 1.29 is 22.7 Å². The van der Waals surface area contributed by atoms with Crippen molar-refractivity contribution in [1.82, 2.24) is 10.2 Å². The Morgan fingerprint density at radius 2 is 1.61 bits per heavy atom. The average Bonchev–Trinajstić information content (AvgIpc) is 2.93. The van der Waals surface area contributed by atoms with E-state index in [-0.39, 0.29) is 29.1 Å². The van der Waals surface area contributed by atoms with E-state index >= 15 is 0 Å². The molecule has 0 radical (unpaired) electrons. The third-order valence-electron chi connectivity index (χ3n) is 6.66. The molecule has 41 heavy (non-hydrogen) atoms. The second-order valence-electron chi connectivity index (χ2n) is 10.2. The van der Waals surface area contributed by atoms with Crippen LogP contribution in [-0.4, -0.2) is 50.9 Å². The Morgan fingerprint density at radius 3 is 2.15 bits per heavy atom. The van der Waals surface area contributed by atoms with Crippen LogP contribution < -0.4 is 14.4 Å². The van der Waals surface area contributed by atoms with Gasteiger partial charge in [0.05, 0.1) is 17.7 Å². The van der Waals surface area contributed by atoms with E-state index in [0.29, 0.717) is 17.2 Å². The minimum Gasteiger partial charge on any atom is -0.497 e. The van der Waals surface area contributed by atoms with Gasteiger partial charge in [-0.15, -0.1) is 0 Å². The van der Waals surface area contributed by atoms with Crippen LogP contribution in [0.5, 0.6) is 5.75 Å². The van der Waals surface area contributed by atoms with Crippen molar-refractivity contribution in [3.63, 3.8) is 0 Å². The molecule has 0 fully saturated rings. The number of aryl methyl sites for hydroxylation is 2. The average molecular weight is 600 g/mol. The molecule has 0 saturated carbocycles. The Balaban J connectivity index is 2.08. The molecule has 3 rings (SSSR count). The van der Waals surface area contributed by atoms with Gasteiger partial charge in [-0.25, -0.2) is 8.42 Å². The Hall–Kier alpha value is -3.56. The van der Waals surface area contributed by atoms with E-state index in [1.54, 1.807) is 43.5 Å². The fourth-order valence-electron chi connectivity index (χ4n) is 4.33. The summed E-state index contributed by atoms with van der Waals surface area (Å²) in [6.45, 7) is 8.75. The van der Waals surface area contributed by atoms with E-state index in [4.69, 9.17) is 16.3 Å². The summed E-state index contributed by atoms with van der Waals surface area (Å²) >= 11 is 6.39. The molecule has 0 aliphatic rings. The van der Waals surface area contributed by atoms with Gasteiger partial charge in [0.2, 0.25) is 11.8 Å². The summed E-state index contributed by atoms with van der Waals surface area (Å²) in [4.78, 5) is 28.8. The smallest absolute Gasteiger partial charge is 0.264 e. The first-order valence-electron chi connectivity index (χ1n) is 13.5. The molecule has 8 nitrogen and oxygen atoms in total. The lowest BCUT2D eigenvalue weighted by atomic mass is 10.1. The number of amides is 2. The van der Waals surface area contributed by atoms with E-state index in [1.807, 2.05) is 46.8 Å². The van der Waals surface area contributed by atoms with E-state index in [9.17, 15) is 18.0 Å². The summed E-state index contributed by atoms with van der Waals surface area (Å²) in [5.74, 6) is -0.183. The highest BCUT2D eigenvalue weighted by molar-refractivity contribution is 7.92. The first-order chi connectivity index (χ1) is 19.4. The summed E-state index contributed by atoms with van der Waals surface area (Å²) in [6.07, 6.45) is 0.335. The van der Waals surface area contributed by atoms with Gasteiger partial charge in [0.1, 0.15) is 18.3 Å². The van der Waals surface area contributed by atoms with Crippen molar-refractivity contribution in [2.45, 2.75) is 64.6 Å². The molecule has 0 spiro atoms. The van der Waals surface area contributed by atoms with E-state index < -0.39 is 28.5 Å². The third-order valence-corrected chi connectivity index (χ3v) is 8.86. The molecule has 2 amide bonds. The zero-order chi connectivity index (χ0) is 30.3. The maximum absolute atomic E-state index is 14.1. The number of nitrogens with one attached hydrogen (secondary N) is 1. The van der Waals surface area contributed by atoms with Crippen LogP contribution in [-0.2, 0) is 26.2 Å². The normalized spacial score (nSPS) is 12.1. The predicted octanol–water partition coefficient (Wildman–Crippen LogP) is 5.49. The summed E-state index contributed by atoms with van der Waals surface area (Å²) in [5, 5.41) is 3.26. The van der Waals surface area contributed by atoms with Gasteiger partial charge in [0, 0.05) is 17.6 Å². The van der Waals surface area contributed by atoms with Crippen molar-refractivity contribution >= 4 is 39.1 Å². The van der Waals surface area contributed by atoms with Gasteiger partial charge in [0.15, 0.2) is 0 Å². The lowest BCUT2D eigenvalue weighted by Crippen LogP contribution is -2.53. The summed E-state index contributed by atoms with van der Waals surface area (Å²) < 4.78 is 34.2. The van der Waals surface area contributed by atoms with Crippen LogP contribution in [0.4, 0.5) is 5.69 Å². The maximum atomic E-state index is 14.1. The highest BCUT2D eigenvalue weighted by atomic mass is 35.5. The molecular formula is C31H38ClN3O5S. The molecule has 0 aliphatic heterocycles. The zero-order valence-corrected chi connectivity index (χ0v) is 25.9. The fraction of sp³-hybridized carbons (Fsp3) is 0.355. The second-order valence-corrected chi connectivity index (χ2v) is 12.5. The number of nitrogens with zero attached hydrogens (tertiary/aromatic N) is 2. The van der Waals surface area contributed by atoms with Crippen LogP contribution in [0.3, 0.4) is 0 Å². The molecule has 3 aromatic carbocycles. The van der Waals surface area contributed by atoms with Crippen molar-refractivity contribution in [2.75, 3.05) is 18.0 Å². The Bertz CT molecular complexity index is 1460. The molecule has 0 aliphatic carbocycles. The second kappa shape index (κ2) is 13.9. The molecule has 1 N–H and O–H groups in total. The maximum Gasteiger partial charge on any atom is 0.264 e. The minimum absolute atomic E-state index is 0.0406. The number of ether oxygens (including phenoxy) is 1. The van der Waals surface area contributed by atoms with E-state index in [2.05, 4.69) is 5.32 Å². The number of benzene rings is 3. The van der Waals surface area contributed by atoms with Crippen molar-refractivity contribution in [3.05, 3.63) is 88.4 Å². The molecule has 0 aromatic heterocycles. The van der Waals surface area contributed by atoms with E-state index in [0.717, 1.165) is 21.0 Å². The molecular weight excluding hydrogens is 562 g/mol. The molecule has 0 heterocycles. The summed E-state index contributed by atoms with van der Waals surface area (Å²) in [7, 11) is -2.61. The number of hydrogen-bond donors (Lipinski definition) is 1. The number of anilines is 1. The van der Waals surface area contributed by atoms with Crippen LogP contribution in [0, 0.1) is 13.8 Å². The largest absolute Gasteiger partial charge is 0.497 e. The number of methoxy groups -OCH3 is 1. The van der Waals surface area contributed by atoms with Crippen molar-refractivity contribution in [2.24, 2.45) is 0 Å². The van der Waals surface area contributed by atoms with Gasteiger partial charge in [-0.3, -0.25) is 13.9 Å². The SMILES string of the molecule is CCC(C(=O)NC(C)C)N(Cc1ccc(OC)cc1)C(=O)CN(c1ccc(C)c(Cl)c1)S(=O)(=O)c1ccc(C)cc1. The lowest BCUT2D eigenvalue weighted by molar-refractivity contribution is -0.140. The Kier molecular flexibility index (Phi) is 10.8. The van der Waals surface area contributed by atoms with Gasteiger partial charge in [-0.05, 0) is 81.6 Å². The molecule has 0 saturated heterocycles. The molecule has 3 aromatic rings. The van der Waals surface area contributed by atoms with Crippen LogP contribution in [0.2, 0.25) is 5.02 Å². The molecule has 10 heteroatoms. The van der Waals surface area contributed by atoms with Crippen LogP contribution in [0.15, 0.2) is 71.6 Å². The van der Waals surface area contributed by atoms with Crippen LogP contribution in [0.25, 0.3) is 0 Å². The third kappa shape index (κ3) is 8.01. The number of sulfonamides is 1. The van der Waals surface area contributed by atoms with Gasteiger partial charge in [0.25, 0.3) is 10.0 Å². The predicted molar refractivity (Wildman–Crippen MR) is 163 cm³/mol. The van der Waals surface area contributed by atoms with Crippen molar-refractivity contribution in [3.8, 4) is 5.75 Å². The quantitative estimate of drug-likeness (QED) is 0.297. The number of rotatable bonds is 12. The topological polar surface area (TPSA) is 96.0 Å². The fourth-order valence-corrected chi connectivity index (χ4v) is 5.91. The monoisotopic (exact) mass is 599 g/mol. The first kappa shape index (κ1) is 32.0. The highest BCUT2D eigenvalue weighted by Crippen LogP contribution is 2.29. The Morgan fingerprint density at radius 1 is 0.976 bits per heavy atom. The van der Waals surface area contributed by atoms with Gasteiger partial charge < -0.3 is 15.0 Å². The van der Waals surface area contributed by atoms with Crippen molar-refractivity contribution in [1.29, 1.82) is 0 Å². The zero-order valence-electron chi connectivity index (χ0n) is 24.3. The summed E-state index contributed by atoms with van der Waals surface area (Å²) in [6, 6.07) is 17.5. The van der Waals surface area contributed by atoms with E-state index in [1.165, 1.54) is 23.1 Å². The van der Waals surface area contributed by atoms with Gasteiger partial charge >= 0.3 is 0 Å². The number of halogens is 1. The van der Waals surface area contributed by atoms with Gasteiger partial charge in [-0.2, -0.15) is 0 Å². The summed E-state index contributed by atoms with van der Waals surface area (Å²) in [5.41, 5.74) is 2.68. The molecule has 0 bridgehead atoms. The standard InChI is InChI=1S/C31H38ClN3O5S/c1-7-29(31(37)33-21(2)3)34(19-24-11-14-26(40-6)15-12-24)30(36)20-35(25-13-10-23(5)28(32)18-25)41(38,39)27-16-8-22(4)9-17-27/h8-18,21,29H,7,19-20H2,1-6H3,(H,33,37). The Labute approximate surface area is 248 Å². The molecule has 1 atom stereocenters. The van der Waals surface area contributed by atoms with Crippen LogP contribution in [0.1, 0.15) is 43.9 Å². The lowest BCUT2D eigenvalue weighted by Gasteiger charge is -2.33. The minimum atomic E-state index is -4.17. The highest BCUT2D eigenvalue weighted by Gasteiger charge is 2.34. The van der Waals surface area contributed by atoms with Crippen LogP contribution >= 0.6 is 11.6 Å².